The minimum atomic E-state index is -3.60. The van der Waals surface area contributed by atoms with E-state index in [1.54, 1.807) is 0 Å². The molecule has 3 rings (SSSR count). The molecule has 1 aliphatic rings. The predicted octanol–water partition coefficient (Wildman–Crippen LogP) is 2.14. The van der Waals surface area contributed by atoms with Crippen LogP contribution in [-0.2, 0) is 21.4 Å². The second-order valence-electron chi connectivity index (χ2n) is 8.24. The molecule has 0 radical (unpaired) electrons. The van der Waals surface area contributed by atoms with Crippen LogP contribution in [-0.4, -0.2) is 65.3 Å². The normalized spacial score (nSPS) is 15.0. The van der Waals surface area contributed by atoms with E-state index in [9.17, 15) is 13.2 Å². The van der Waals surface area contributed by atoms with E-state index in [0.29, 0.717) is 12.2 Å². The third-order valence-corrected chi connectivity index (χ3v) is 6.78. The van der Waals surface area contributed by atoms with Crippen molar-refractivity contribution in [3.8, 4) is 0 Å². The summed E-state index contributed by atoms with van der Waals surface area (Å²) in [7, 11) is -1.47. The maximum absolute atomic E-state index is 12.6. The van der Waals surface area contributed by atoms with Gasteiger partial charge in [0.25, 0.3) is 0 Å². The molecule has 0 bridgehead atoms. The van der Waals surface area contributed by atoms with Crippen molar-refractivity contribution in [2.45, 2.75) is 20.4 Å². The molecule has 1 amide bonds. The summed E-state index contributed by atoms with van der Waals surface area (Å²) in [5.74, 6) is -0.337. The number of sulfonamides is 1. The van der Waals surface area contributed by atoms with Crippen LogP contribution in [0.25, 0.3) is 0 Å². The highest BCUT2D eigenvalue weighted by atomic mass is 32.2. The number of para-hydroxylation sites is 1. The SMILES string of the molecule is Cc1cccc(C)c1N(CC(=O)NCc1ccc(N2CCN(C)CC2)cc1)S(C)(=O)=O. The van der Waals surface area contributed by atoms with Crippen LogP contribution in [0.2, 0.25) is 0 Å². The number of piperazine rings is 1. The fourth-order valence-electron chi connectivity index (χ4n) is 3.84. The van der Waals surface area contributed by atoms with Crippen molar-refractivity contribution in [2.75, 3.05) is 55.2 Å². The number of hydrogen-bond donors (Lipinski definition) is 1. The van der Waals surface area contributed by atoms with Crippen molar-refractivity contribution in [1.82, 2.24) is 10.2 Å². The van der Waals surface area contributed by atoms with Gasteiger partial charge in [-0.15, -0.1) is 0 Å². The van der Waals surface area contributed by atoms with Gasteiger partial charge in [0.15, 0.2) is 0 Å². The molecule has 0 aromatic heterocycles. The molecular formula is C23H32N4O3S. The van der Waals surface area contributed by atoms with Crippen LogP contribution >= 0.6 is 0 Å². The molecule has 0 spiro atoms. The Morgan fingerprint density at radius 3 is 2.13 bits per heavy atom. The molecule has 0 unspecified atom stereocenters. The predicted molar refractivity (Wildman–Crippen MR) is 126 cm³/mol. The number of carbonyl (C=O) groups is 1. The van der Waals surface area contributed by atoms with E-state index >= 15 is 0 Å². The zero-order valence-corrected chi connectivity index (χ0v) is 19.6. The first-order valence-corrected chi connectivity index (χ1v) is 12.3. The summed E-state index contributed by atoms with van der Waals surface area (Å²) in [6.07, 6.45) is 1.13. The summed E-state index contributed by atoms with van der Waals surface area (Å²) in [5, 5.41) is 2.85. The second kappa shape index (κ2) is 9.70. The molecule has 8 heteroatoms. The minimum Gasteiger partial charge on any atom is -0.369 e. The lowest BCUT2D eigenvalue weighted by molar-refractivity contribution is -0.119. The number of benzene rings is 2. The number of amides is 1. The third-order valence-electron chi connectivity index (χ3n) is 5.67. The first-order chi connectivity index (χ1) is 14.6. The lowest BCUT2D eigenvalue weighted by Crippen LogP contribution is -2.44. The summed E-state index contributed by atoms with van der Waals surface area (Å²) in [5.41, 5.74) is 4.36. The Kier molecular flexibility index (Phi) is 7.23. The molecule has 0 aliphatic carbocycles. The summed E-state index contributed by atoms with van der Waals surface area (Å²) in [6, 6.07) is 13.7. The van der Waals surface area contributed by atoms with Gasteiger partial charge in [-0.2, -0.15) is 0 Å². The Balaban J connectivity index is 1.62. The van der Waals surface area contributed by atoms with Crippen molar-refractivity contribution < 1.29 is 13.2 Å². The first kappa shape index (κ1) is 23.1. The van der Waals surface area contributed by atoms with Gasteiger partial charge < -0.3 is 15.1 Å². The van der Waals surface area contributed by atoms with Gasteiger partial charge in [0, 0.05) is 38.4 Å². The monoisotopic (exact) mass is 444 g/mol. The molecular weight excluding hydrogens is 412 g/mol. The van der Waals surface area contributed by atoms with Crippen molar-refractivity contribution in [3.05, 3.63) is 59.2 Å². The molecule has 31 heavy (non-hydrogen) atoms. The zero-order chi connectivity index (χ0) is 22.6. The average molecular weight is 445 g/mol. The Bertz CT molecular complexity index is 993. The zero-order valence-electron chi connectivity index (χ0n) is 18.8. The number of anilines is 2. The van der Waals surface area contributed by atoms with Gasteiger partial charge in [0.1, 0.15) is 6.54 Å². The van der Waals surface area contributed by atoms with Crippen LogP contribution in [0.3, 0.4) is 0 Å². The lowest BCUT2D eigenvalue weighted by Gasteiger charge is -2.34. The summed E-state index contributed by atoms with van der Waals surface area (Å²) in [4.78, 5) is 17.3. The summed E-state index contributed by atoms with van der Waals surface area (Å²) < 4.78 is 26.0. The van der Waals surface area contributed by atoms with E-state index in [4.69, 9.17) is 0 Å². The highest BCUT2D eigenvalue weighted by Gasteiger charge is 2.23. The Morgan fingerprint density at radius 2 is 1.58 bits per heavy atom. The van der Waals surface area contributed by atoms with Crippen LogP contribution in [0.5, 0.6) is 0 Å². The molecule has 1 saturated heterocycles. The average Bonchev–Trinajstić information content (AvgIpc) is 2.72. The van der Waals surface area contributed by atoms with Crippen molar-refractivity contribution in [3.63, 3.8) is 0 Å². The quantitative estimate of drug-likeness (QED) is 0.708. The van der Waals surface area contributed by atoms with Crippen LogP contribution in [0.1, 0.15) is 16.7 Å². The van der Waals surface area contributed by atoms with Crippen molar-refractivity contribution in [1.29, 1.82) is 0 Å². The van der Waals surface area contributed by atoms with E-state index in [1.165, 1.54) is 9.99 Å². The number of nitrogens with zero attached hydrogens (tertiary/aromatic N) is 3. The Morgan fingerprint density at radius 1 is 1.00 bits per heavy atom. The minimum absolute atomic E-state index is 0.246. The summed E-state index contributed by atoms with van der Waals surface area (Å²) in [6.45, 7) is 7.92. The fraction of sp³-hybridized carbons (Fsp3) is 0.435. The molecule has 7 nitrogen and oxygen atoms in total. The van der Waals surface area contributed by atoms with E-state index in [2.05, 4.69) is 34.3 Å². The maximum Gasteiger partial charge on any atom is 0.241 e. The van der Waals surface area contributed by atoms with Gasteiger partial charge in [0.05, 0.1) is 11.9 Å². The fourth-order valence-corrected chi connectivity index (χ4v) is 4.81. The number of carbonyl (C=O) groups excluding carboxylic acids is 1. The van der Waals surface area contributed by atoms with Gasteiger partial charge in [-0.05, 0) is 49.7 Å². The second-order valence-corrected chi connectivity index (χ2v) is 10.2. The number of hydrogen-bond acceptors (Lipinski definition) is 5. The Hall–Kier alpha value is -2.58. The molecule has 0 atom stereocenters. The van der Waals surface area contributed by atoms with Crippen LogP contribution in [0, 0.1) is 13.8 Å². The van der Waals surface area contributed by atoms with E-state index in [-0.39, 0.29) is 12.5 Å². The topological polar surface area (TPSA) is 73.0 Å². The third kappa shape index (κ3) is 5.98. The lowest BCUT2D eigenvalue weighted by atomic mass is 10.1. The number of likely N-dealkylation sites (N-methyl/N-ethyl adjacent to an activating group) is 1. The molecule has 1 heterocycles. The van der Waals surface area contributed by atoms with E-state index < -0.39 is 10.0 Å². The smallest absolute Gasteiger partial charge is 0.241 e. The van der Waals surface area contributed by atoms with Crippen molar-refractivity contribution in [2.24, 2.45) is 0 Å². The van der Waals surface area contributed by atoms with Crippen LogP contribution in [0.4, 0.5) is 11.4 Å². The molecule has 1 N–H and O–H groups in total. The van der Waals surface area contributed by atoms with Gasteiger partial charge in [-0.1, -0.05) is 30.3 Å². The highest BCUT2D eigenvalue weighted by molar-refractivity contribution is 7.92. The number of aryl methyl sites for hydroxylation is 2. The van der Waals surface area contributed by atoms with E-state index in [0.717, 1.165) is 49.1 Å². The molecule has 1 aliphatic heterocycles. The molecule has 2 aromatic rings. The van der Waals surface area contributed by atoms with Gasteiger partial charge >= 0.3 is 0 Å². The maximum atomic E-state index is 12.6. The number of nitrogens with one attached hydrogen (secondary N) is 1. The molecule has 1 fully saturated rings. The van der Waals surface area contributed by atoms with Gasteiger partial charge in [0.2, 0.25) is 15.9 Å². The van der Waals surface area contributed by atoms with Gasteiger partial charge in [-0.3, -0.25) is 9.10 Å². The number of rotatable bonds is 7. The first-order valence-electron chi connectivity index (χ1n) is 10.5. The summed E-state index contributed by atoms with van der Waals surface area (Å²) >= 11 is 0. The Labute approximate surface area is 185 Å². The largest absolute Gasteiger partial charge is 0.369 e. The standard InChI is InChI=1S/C23H32N4O3S/c1-18-6-5-7-19(2)23(18)27(31(4,29)30)17-22(28)24-16-20-8-10-21(11-9-20)26-14-12-25(3)13-15-26/h5-11H,12-17H2,1-4H3,(H,24,28). The van der Waals surface area contributed by atoms with Crippen LogP contribution < -0.4 is 14.5 Å². The van der Waals surface area contributed by atoms with Gasteiger partial charge in [-0.25, -0.2) is 8.42 Å². The van der Waals surface area contributed by atoms with Crippen molar-refractivity contribution >= 4 is 27.3 Å². The highest BCUT2D eigenvalue weighted by Crippen LogP contribution is 2.26. The molecule has 2 aromatic carbocycles. The molecule has 168 valence electrons. The molecule has 0 saturated carbocycles. The van der Waals surface area contributed by atoms with Crippen LogP contribution in [0.15, 0.2) is 42.5 Å². The van der Waals surface area contributed by atoms with E-state index in [1.807, 2.05) is 44.2 Å².